The van der Waals surface area contributed by atoms with E-state index in [-0.39, 0.29) is 6.04 Å². The van der Waals surface area contributed by atoms with Crippen molar-refractivity contribution in [2.24, 2.45) is 4.99 Å². The molecule has 0 saturated heterocycles. The Morgan fingerprint density at radius 3 is 3.20 bits per heavy atom. The first-order valence-electron chi connectivity index (χ1n) is 2.82. The fourth-order valence-corrected chi connectivity index (χ4v) is 0.742. The number of hydrogen-bond acceptors (Lipinski definition) is 4. The van der Waals surface area contributed by atoms with Gasteiger partial charge in [-0.1, -0.05) is 5.16 Å². The van der Waals surface area contributed by atoms with Gasteiger partial charge in [0.1, 0.15) is 6.04 Å². The van der Waals surface area contributed by atoms with Crippen LogP contribution in [0.2, 0.25) is 0 Å². The monoisotopic (exact) mass is 154 g/mol. The third-order valence-corrected chi connectivity index (χ3v) is 1.22. The summed E-state index contributed by atoms with van der Waals surface area (Å²) in [5.74, 6) is 0.706. The third-order valence-electron chi connectivity index (χ3n) is 1.12. The Balaban J connectivity index is 2.76. The first-order chi connectivity index (χ1) is 4.84. The highest BCUT2D eigenvalue weighted by Crippen LogP contribution is 2.13. The van der Waals surface area contributed by atoms with Crippen LogP contribution in [0.3, 0.4) is 0 Å². The van der Waals surface area contributed by atoms with Crippen molar-refractivity contribution in [1.29, 1.82) is 0 Å². The summed E-state index contributed by atoms with van der Waals surface area (Å²) in [6.45, 7) is 1.86. The first-order valence-corrected chi connectivity index (χ1v) is 3.23. The van der Waals surface area contributed by atoms with Crippen molar-refractivity contribution in [3.05, 3.63) is 18.0 Å². The zero-order valence-electron chi connectivity index (χ0n) is 5.44. The Labute approximate surface area is 63.7 Å². The zero-order valence-corrected chi connectivity index (χ0v) is 6.26. The Morgan fingerprint density at radius 1 is 1.90 bits per heavy atom. The highest BCUT2D eigenvalue weighted by Gasteiger charge is 2.04. The molecule has 1 atom stereocenters. The normalized spacial score (nSPS) is 12.1. The van der Waals surface area contributed by atoms with Crippen molar-refractivity contribution < 1.29 is 4.52 Å². The van der Waals surface area contributed by atoms with E-state index in [0.717, 1.165) is 0 Å². The van der Waals surface area contributed by atoms with Crippen molar-refractivity contribution in [3.63, 3.8) is 0 Å². The fraction of sp³-hybridized carbons (Fsp3) is 0.333. The van der Waals surface area contributed by atoms with Crippen LogP contribution in [-0.4, -0.2) is 10.3 Å². The lowest BCUT2D eigenvalue weighted by Gasteiger charge is -1.94. The van der Waals surface area contributed by atoms with Gasteiger partial charge in [0.2, 0.25) is 0 Å². The van der Waals surface area contributed by atoms with Crippen LogP contribution >= 0.6 is 12.2 Å². The number of aliphatic imine (C=N–C) groups is 1. The summed E-state index contributed by atoms with van der Waals surface area (Å²) in [4.78, 5) is 3.80. The Kier molecular flexibility index (Phi) is 2.31. The largest absolute Gasteiger partial charge is 0.359 e. The summed E-state index contributed by atoms with van der Waals surface area (Å²) in [5.41, 5.74) is 0. The van der Waals surface area contributed by atoms with Gasteiger partial charge in [-0.3, -0.25) is 0 Å². The summed E-state index contributed by atoms with van der Waals surface area (Å²) in [6.07, 6.45) is 1.57. The molecule has 0 spiro atoms. The molecule has 10 heavy (non-hydrogen) atoms. The maximum absolute atomic E-state index is 4.82. The minimum absolute atomic E-state index is 0.0694. The van der Waals surface area contributed by atoms with Crippen LogP contribution in [0.4, 0.5) is 0 Å². The molecule has 0 saturated carbocycles. The quantitative estimate of drug-likeness (QED) is 0.482. The molecule has 0 aliphatic carbocycles. The van der Waals surface area contributed by atoms with Crippen LogP contribution in [0, 0.1) is 0 Å². The second-order valence-corrected chi connectivity index (χ2v) is 1.99. The summed E-state index contributed by atoms with van der Waals surface area (Å²) in [5, 5.41) is 5.81. The molecule has 4 heteroatoms. The molecule has 0 radical (unpaired) electrons. The Bertz CT molecular complexity index is 238. The van der Waals surface area contributed by atoms with E-state index in [1.807, 2.05) is 6.92 Å². The minimum atomic E-state index is -0.0694. The van der Waals surface area contributed by atoms with E-state index >= 15 is 0 Å². The predicted octanol–water partition coefficient (Wildman–Crippen LogP) is 1.84. The minimum Gasteiger partial charge on any atom is -0.359 e. The smallest absolute Gasteiger partial charge is 0.161 e. The van der Waals surface area contributed by atoms with E-state index in [1.165, 1.54) is 0 Å². The van der Waals surface area contributed by atoms with Crippen LogP contribution in [0.15, 0.2) is 21.8 Å². The molecule has 0 amide bonds. The third kappa shape index (κ3) is 1.50. The van der Waals surface area contributed by atoms with Crippen LogP contribution < -0.4 is 0 Å². The number of aromatic nitrogens is 1. The molecule has 52 valence electrons. The second-order valence-electron chi connectivity index (χ2n) is 1.81. The standard InChI is InChI=1S/C6H6N2OS/c1-5(7-4-10)6-2-3-8-9-6/h2-3,5H,1H3. The molecule has 1 heterocycles. The number of nitrogens with zero attached hydrogens (tertiary/aromatic N) is 2. The highest BCUT2D eigenvalue weighted by molar-refractivity contribution is 7.78. The molecule has 1 aromatic heterocycles. The van der Waals surface area contributed by atoms with Gasteiger partial charge in [-0.15, -0.1) is 0 Å². The summed E-state index contributed by atoms with van der Waals surface area (Å²) < 4.78 is 4.82. The highest BCUT2D eigenvalue weighted by atomic mass is 32.1. The van der Waals surface area contributed by atoms with Gasteiger partial charge in [-0.25, -0.2) is 4.99 Å². The van der Waals surface area contributed by atoms with E-state index in [4.69, 9.17) is 4.52 Å². The van der Waals surface area contributed by atoms with Crippen LogP contribution in [0.25, 0.3) is 0 Å². The average molecular weight is 154 g/mol. The van der Waals surface area contributed by atoms with Gasteiger partial charge >= 0.3 is 0 Å². The summed E-state index contributed by atoms with van der Waals surface area (Å²) in [7, 11) is 0. The van der Waals surface area contributed by atoms with Crippen LogP contribution in [0.1, 0.15) is 18.7 Å². The van der Waals surface area contributed by atoms with Gasteiger partial charge < -0.3 is 4.52 Å². The average Bonchev–Trinajstić information content (AvgIpc) is 2.38. The fourth-order valence-electron chi connectivity index (χ4n) is 0.584. The van der Waals surface area contributed by atoms with Gasteiger partial charge in [0, 0.05) is 6.07 Å². The zero-order chi connectivity index (χ0) is 7.40. The molecule has 0 aliphatic rings. The van der Waals surface area contributed by atoms with Gasteiger partial charge in [-0.05, 0) is 19.1 Å². The van der Waals surface area contributed by atoms with Crippen molar-refractivity contribution in [1.82, 2.24) is 5.16 Å². The Morgan fingerprint density at radius 2 is 2.70 bits per heavy atom. The molecule has 3 nitrogen and oxygen atoms in total. The summed E-state index contributed by atoms with van der Waals surface area (Å²) in [6, 6.07) is 1.68. The van der Waals surface area contributed by atoms with Crippen molar-refractivity contribution in [2.45, 2.75) is 13.0 Å². The molecule has 0 bridgehead atoms. The first kappa shape index (κ1) is 7.12. The van der Waals surface area contributed by atoms with Gasteiger partial charge in [0.25, 0.3) is 0 Å². The molecule has 0 fully saturated rings. The number of thiocarbonyl (C=S) groups is 1. The van der Waals surface area contributed by atoms with E-state index in [1.54, 1.807) is 12.3 Å². The number of isothiocyanates is 1. The Hall–Kier alpha value is -0.990. The lowest BCUT2D eigenvalue weighted by atomic mass is 10.3. The molecule has 0 N–H and O–H groups in total. The summed E-state index contributed by atoms with van der Waals surface area (Å²) >= 11 is 4.42. The maximum atomic E-state index is 4.82. The van der Waals surface area contributed by atoms with E-state index in [2.05, 4.69) is 27.5 Å². The van der Waals surface area contributed by atoms with Crippen molar-refractivity contribution in [3.8, 4) is 0 Å². The molecular formula is C6H6N2OS. The molecule has 0 aliphatic heterocycles. The van der Waals surface area contributed by atoms with Gasteiger partial charge in [-0.2, -0.15) is 0 Å². The van der Waals surface area contributed by atoms with E-state index < -0.39 is 0 Å². The maximum Gasteiger partial charge on any atom is 0.161 e. The number of hydrogen-bond donors (Lipinski definition) is 0. The number of rotatable bonds is 2. The molecule has 1 unspecified atom stereocenters. The SMILES string of the molecule is CC(N=C=S)c1ccno1. The second kappa shape index (κ2) is 3.25. The van der Waals surface area contributed by atoms with Gasteiger partial charge in [0.05, 0.1) is 11.4 Å². The van der Waals surface area contributed by atoms with Crippen molar-refractivity contribution >= 4 is 17.4 Å². The molecule has 1 aromatic rings. The molecule has 0 aromatic carbocycles. The lowest BCUT2D eigenvalue weighted by Crippen LogP contribution is -1.83. The lowest BCUT2D eigenvalue weighted by molar-refractivity contribution is 0.368. The predicted molar refractivity (Wildman–Crippen MR) is 39.9 cm³/mol. The van der Waals surface area contributed by atoms with Crippen LogP contribution in [0.5, 0.6) is 0 Å². The van der Waals surface area contributed by atoms with E-state index in [0.29, 0.717) is 5.76 Å². The molecule has 1 rings (SSSR count). The molecular weight excluding hydrogens is 148 g/mol. The van der Waals surface area contributed by atoms with E-state index in [9.17, 15) is 0 Å². The van der Waals surface area contributed by atoms with Gasteiger partial charge in [0.15, 0.2) is 5.76 Å². The van der Waals surface area contributed by atoms with Crippen molar-refractivity contribution in [2.75, 3.05) is 0 Å². The topological polar surface area (TPSA) is 38.4 Å². The van der Waals surface area contributed by atoms with Crippen LogP contribution in [-0.2, 0) is 0 Å².